The zero-order valence-electron chi connectivity index (χ0n) is 15.9. The van der Waals surface area contributed by atoms with Gasteiger partial charge in [-0.2, -0.15) is 0 Å². The van der Waals surface area contributed by atoms with Crippen LogP contribution in [-0.2, 0) is 38.1 Å². The van der Waals surface area contributed by atoms with E-state index in [0.717, 1.165) is 0 Å². The lowest BCUT2D eigenvalue weighted by Crippen LogP contribution is -2.32. The lowest BCUT2D eigenvalue weighted by molar-refractivity contribution is -0.150. The van der Waals surface area contributed by atoms with E-state index in [1.165, 1.54) is 32.7 Å². The molecule has 0 amide bonds. The van der Waals surface area contributed by atoms with Crippen LogP contribution in [0.3, 0.4) is 0 Å². The van der Waals surface area contributed by atoms with Crippen molar-refractivity contribution in [3.63, 3.8) is 0 Å². The maximum Gasteiger partial charge on any atom is 0.330 e. The van der Waals surface area contributed by atoms with Crippen molar-refractivity contribution in [3.05, 3.63) is 12.3 Å². The molecule has 0 aliphatic carbocycles. The molecule has 27 heavy (non-hydrogen) atoms. The molecule has 2 atom stereocenters. The zero-order chi connectivity index (χ0) is 20.7. The van der Waals surface area contributed by atoms with Crippen LogP contribution in [0.2, 0.25) is 0 Å². The number of allylic oxidation sites excluding steroid dienone is 1. The monoisotopic (exact) mass is 386 g/mol. The lowest BCUT2D eigenvalue weighted by Gasteiger charge is -2.10. The van der Waals surface area contributed by atoms with Crippen molar-refractivity contribution in [2.24, 2.45) is 4.99 Å². The van der Waals surface area contributed by atoms with Crippen molar-refractivity contribution in [2.45, 2.75) is 38.8 Å². The third kappa shape index (κ3) is 12.1. The fourth-order valence-corrected chi connectivity index (χ4v) is 1.47. The van der Waals surface area contributed by atoms with Crippen LogP contribution >= 0.6 is 0 Å². The minimum absolute atomic E-state index is 0.00886. The smallest absolute Gasteiger partial charge is 0.330 e. The highest BCUT2D eigenvalue weighted by atomic mass is 16.6. The number of methoxy groups -OCH3 is 2. The minimum Gasteiger partial charge on any atom is -0.469 e. The number of carbonyl (C=O) groups is 4. The minimum atomic E-state index is -0.743. The molecule has 0 rings (SSSR count). The van der Waals surface area contributed by atoms with Gasteiger partial charge in [0.2, 0.25) is 0 Å². The molecule has 152 valence electrons. The van der Waals surface area contributed by atoms with Crippen LogP contribution in [0.25, 0.3) is 0 Å². The number of nitrogens with one attached hydrogen (secondary N) is 1. The second kappa shape index (κ2) is 14.3. The van der Waals surface area contributed by atoms with Crippen LogP contribution in [-0.4, -0.2) is 69.6 Å². The van der Waals surface area contributed by atoms with Crippen molar-refractivity contribution in [2.75, 3.05) is 27.4 Å². The van der Waals surface area contributed by atoms with Crippen LogP contribution in [0, 0.1) is 0 Å². The molecule has 0 aromatic rings. The number of esters is 4. The van der Waals surface area contributed by atoms with E-state index in [9.17, 15) is 19.2 Å². The molecular formula is C17H26N2O8. The number of hydrogen-bond donors (Lipinski definition) is 1. The van der Waals surface area contributed by atoms with Crippen molar-refractivity contribution in [1.29, 1.82) is 0 Å². The van der Waals surface area contributed by atoms with Gasteiger partial charge in [-0.3, -0.25) is 14.6 Å². The molecular weight excluding hydrogens is 360 g/mol. The van der Waals surface area contributed by atoms with Crippen LogP contribution in [0.1, 0.15) is 26.7 Å². The predicted molar refractivity (Wildman–Crippen MR) is 94.9 cm³/mol. The molecule has 0 saturated heterocycles. The summed E-state index contributed by atoms with van der Waals surface area (Å²) in [6.45, 7) is 3.00. The fourth-order valence-electron chi connectivity index (χ4n) is 1.47. The number of nitrogens with zero attached hydrogens (tertiary/aromatic N) is 1. The highest BCUT2D eigenvalue weighted by Gasteiger charge is 2.14. The van der Waals surface area contributed by atoms with Gasteiger partial charge in [-0.15, -0.1) is 0 Å². The van der Waals surface area contributed by atoms with E-state index in [0.29, 0.717) is 0 Å². The third-order valence-corrected chi connectivity index (χ3v) is 3.09. The maximum absolute atomic E-state index is 11.6. The molecule has 10 nitrogen and oxygen atoms in total. The van der Waals surface area contributed by atoms with Gasteiger partial charge >= 0.3 is 23.9 Å². The van der Waals surface area contributed by atoms with Gasteiger partial charge in [-0.05, 0) is 26.1 Å². The second-order valence-corrected chi connectivity index (χ2v) is 5.21. The van der Waals surface area contributed by atoms with Gasteiger partial charge in [0.1, 0.15) is 25.3 Å². The van der Waals surface area contributed by atoms with E-state index in [2.05, 4.69) is 19.8 Å². The first-order valence-corrected chi connectivity index (χ1v) is 8.23. The maximum atomic E-state index is 11.6. The first kappa shape index (κ1) is 24.1. The zero-order valence-corrected chi connectivity index (χ0v) is 15.9. The Morgan fingerprint density at radius 3 is 1.96 bits per heavy atom. The Labute approximate surface area is 157 Å². The first-order valence-electron chi connectivity index (χ1n) is 8.23. The molecule has 0 aliphatic rings. The van der Waals surface area contributed by atoms with Crippen LogP contribution in [0.5, 0.6) is 0 Å². The van der Waals surface area contributed by atoms with E-state index >= 15 is 0 Å². The Balaban J connectivity index is 4.07. The second-order valence-electron chi connectivity index (χ2n) is 5.21. The Morgan fingerprint density at radius 2 is 1.44 bits per heavy atom. The summed E-state index contributed by atoms with van der Waals surface area (Å²) in [5.74, 6) is -2.02. The highest BCUT2D eigenvalue weighted by molar-refractivity contribution is 5.80. The summed E-state index contributed by atoms with van der Waals surface area (Å²) in [5.41, 5.74) is 0. The third-order valence-electron chi connectivity index (χ3n) is 3.09. The quantitative estimate of drug-likeness (QED) is 0.283. The van der Waals surface area contributed by atoms with Gasteiger partial charge in [0.15, 0.2) is 0 Å². The van der Waals surface area contributed by atoms with Crippen LogP contribution < -0.4 is 5.32 Å². The van der Waals surface area contributed by atoms with E-state index in [-0.39, 0.29) is 26.1 Å². The Kier molecular flexibility index (Phi) is 12.7. The van der Waals surface area contributed by atoms with Gasteiger partial charge < -0.3 is 24.3 Å². The van der Waals surface area contributed by atoms with Gasteiger partial charge in [-0.25, -0.2) is 9.59 Å². The van der Waals surface area contributed by atoms with E-state index in [1.807, 2.05) is 0 Å². The fraction of sp³-hybridized carbons (Fsp3) is 0.588. The molecule has 0 saturated carbocycles. The number of aliphatic imine (C=N–C) groups is 1. The standard InChI is InChI=1S/C17H26N2O8/c1-12(16(22)26-10-6-14(20)24-3)18-8-5-9-19-13(2)17(23)27-11-7-15(21)25-4/h5,8-9,12-13,18H,6-7,10-11H2,1-4H3/b8-5+,19-9?/t12-,13-/m0/s1. The molecule has 0 spiro atoms. The molecule has 10 heteroatoms. The first-order chi connectivity index (χ1) is 12.8. The Bertz CT molecular complexity index is 559. The van der Waals surface area contributed by atoms with Crippen molar-refractivity contribution >= 4 is 30.1 Å². The molecule has 0 unspecified atom stereocenters. The summed E-state index contributed by atoms with van der Waals surface area (Å²) in [7, 11) is 2.50. The molecule has 0 aromatic heterocycles. The summed E-state index contributed by atoms with van der Waals surface area (Å²) >= 11 is 0. The van der Waals surface area contributed by atoms with Crippen LogP contribution in [0.15, 0.2) is 17.3 Å². The average Bonchev–Trinajstić information content (AvgIpc) is 2.66. The molecule has 0 aromatic carbocycles. The van der Waals surface area contributed by atoms with Crippen molar-refractivity contribution in [1.82, 2.24) is 5.32 Å². The van der Waals surface area contributed by atoms with Crippen molar-refractivity contribution in [3.8, 4) is 0 Å². The van der Waals surface area contributed by atoms with E-state index < -0.39 is 36.0 Å². The number of carbonyl (C=O) groups excluding carboxylic acids is 4. The lowest BCUT2D eigenvalue weighted by atomic mass is 10.3. The van der Waals surface area contributed by atoms with E-state index in [1.54, 1.807) is 13.8 Å². The summed E-state index contributed by atoms with van der Waals surface area (Å²) in [6, 6.07) is -1.37. The van der Waals surface area contributed by atoms with Gasteiger partial charge in [0.05, 0.1) is 27.1 Å². The number of ether oxygens (including phenoxy) is 4. The molecule has 0 aliphatic heterocycles. The van der Waals surface area contributed by atoms with Gasteiger partial charge in [0, 0.05) is 6.21 Å². The number of hydrogen-bond acceptors (Lipinski definition) is 10. The Morgan fingerprint density at radius 1 is 0.926 bits per heavy atom. The molecule has 0 fully saturated rings. The summed E-state index contributed by atoms with van der Waals surface area (Å²) < 4.78 is 18.6. The summed E-state index contributed by atoms with van der Waals surface area (Å²) in [6.07, 6.45) is 4.30. The highest BCUT2D eigenvalue weighted by Crippen LogP contribution is 1.96. The van der Waals surface area contributed by atoms with Crippen molar-refractivity contribution < 1.29 is 38.1 Å². The van der Waals surface area contributed by atoms with E-state index in [4.69, 9.17) is 9.47 Å². The Hall–Kier alpha value is -2.91. The average molecular weight is 386 g/mol. The normalized spacial score (nSPS) is 13.0. The van der Waals surface area contributed by atoms with Gasteiger partial charge in [0.25, 0.3) is 0 Å². The molecule has 0 heterocycles. The molecule has 1 N–H and O–H groups in total. The topological polar surface area (TPSA) is 130 Å². The van der Waals surface area contributed by atoms with Crippen LogP contribution in [0.4, 0.5) is 0 Å². The number of rotatable bonds is 12. The predicted octanol–water partition coefficient (Wildman–Crippen LogP) is 0.150. The summed E-state index contributed by atoms with van der Waals surface area (Å²) in [4.78, 5) is 49.0. The largest absolute Gasteiger partial charge is 0.469 e. The molecule has 0 bridgehead atoms. The SMILES string of the molecule is COC(=O)CCOC(=O)[C@H](C)N=C/C=C/N[C@@H](C)C(=O)OCCC(=O)OC. The molecule has 0 radical (unpaired) electrons. The van der Waals surface area contributed by atoms with Gasteiger partial charge in [-0.1, -0.05) is 0 Å². The summed E-state index contributed by atoms with van der Waals surface area (Å²) in [5, 5.41) is 2.76.